The largest absolute Gasteiger partial charge is 0.391 e. The summed E-state index contributed by atoms with van der Waals surface area (Å²) < 4.78 is 15.1. The van der Waals surface area contributed by atoms with Crippen LogP contribution in [-0.2, 0) is 11.0 Å². The molecule has 0 aliphatic rings. The third kappa shape index (κ3) is 5.35. The van der Waals surface area contributed by atoms with Crippen molar-refractivity contribution in [2.75, 3.05) is 0 Å². The minimum absolute atomic E-state index is 0.289. The number of nitrogens with one attached hydrogen (secondary N) is 1. The van der Waals surface area contributed by atoms with E-state index in [9.17, 15) is 9.32 Å². The van der Waals surface area contributed by atoms with Crippen LogP contribution in [0.2, 0.25) is 0 Å². The lowest BCUT2D eigenvalue weighted by atomic mass is 9.98. The second-order valence-corrected chi connectivity index (χ2v) is 8.09. The number of hydrogen-bond donors (Lipinski definition) is 2. The van der Waals surface area contributed by atoms with E-state index in [1.54, 1.807) is 0 Å². The van der Waals surface area contributed by atoms with Gasteiger partial charge in [0.25, 0.3) is 0 Å². The molecule has 114 valence electrons. The Labute approximate surface area is 125 Å². The number of benzene rings is 1. The third-order valence-corrected chi connectivity index (χ3v) is 4.77. The normalized spacial score (nSPS) is 16.6. The molecule has 0 spiro atoms. The van der Waals surface area contributed by atoms with Crippen LogP contribution in [0.4, 0.5) is 0 Å². The summed E-state index contributed by atoms with van der Waals surface area (Å²) in [6.45, 7) is 7.88. The number of rotatable bonds is 7. The van der Waals surface area contributed by atoms with Gasteiger partial charge in [0.2, 0.25) is 0 Å². The summed E-state index contributed by atoms with van der Waals surface area (Å²) in [5.74, 6) is 0. The van der Waals surface area contributed by atoms with Gasteiger partial charge in [-0.2, -0.15) is 0 Å². The Morgan fingerprint density at radius 2 is 1.85 bits per heavy atom. The summed E-state index contributed by atoms with van der Waals surface area (Å²) in [4.78, 5) is 0. The van der Waals surface area contributed by atoms with E-state index in [1.807, 2.05) is 51.1 Å². The summed E-state index contributed by atoms with van der Waals surface area (Å²) >= 11 is 0. The Morgan fingerprint density at radius 1 is 1.25 bits per heavy atom. The van der Waals surface area contributed by atoms with E-state index in [4.69, 9.17) is 0 Å². The number of aliphatic hydroxyl groups excluding tert-OH is 1. The van der Waals surface area contributed by atoms with Gasteiger partial charge in [-0.25, -0.2) is 8.93 Å². The van der Waals surface area contributed by atoms with Crippen LogP contribution < -0.4 is 4.72 Å². The fourth-order valence-electron chi connectivity index (χ4n) is 1.90. The first-order valence-electron chi connectivity index (χ1n) is 7.27. The van der Waals surface area contributed by atoms with Crippen molar-refractivity contribution in [3.05, 3.63) is 35.9 Å². The first-order chi connectivity index (χ1) is 9.36. The monoisotopic (exact) mass is 297 g/mol. The van der Waals surface area contributed by atoms with Crippen molar-refractivity contribution in [3.63, 3.8) is 0 Å². The zero-order valence-electron chi connectivity index (χ0n) is 12.9. The molecular weight excluding hydrogens is 270 g/mol. The SMILES string of the molecule is CCCC[C@@H](O)[C@@H](NS(=O)C(C)(C)C)c1ccccc1. The quantitative estimate of drug-likeness (QED) is 0.811. The molecule has 1 unspecified atom stereocenters. The highest BCUT2D eigenvalue weighted by molar-refractivity contribution is 7.84. The molecule has 2 N–H and O–H groups in total. The molecule has 4 heteroatoms. The van der Waals surface area contributed by atoms with Gasteiger partial charge in [0, 0.05) is 0 Å². The Bertz CT molecular complexity index is 414. The van der Waals surface area contributed by atoms with Crippen molar-refractivity contribution < 1.29 is 9.32 Å². The smallest absolute Gasteiger partial charge is 0.0976 e. The van der Waals surface area contributed by atoms with E-state index in [1.165, 1.54) is 0 Å². The maximum absolute atomic E-state index is 12.3. The van der Waals surface area contributed by atoms with E-state index < -0.39 is 17.1 Å². The highest BCUT2D eigenvalue weighted by Crippen LogP contribution is 2.23. The molecule has 0 fully saturated rings. The molecule has 0 saturated heterocycles. The van der Waals surface area contributed by atoms with Gasteiger partial charge in [-0.1, -0.05) is 50.1 Å². The van der Waals surface area contributed by atoms with Gasteiger partial charge in [0.1, 0.15) is 0 Å². The van der Waals surface area contributed by atoms with Gasteiger partial charge >= 0.3 is 0 Å². The van der Waals surface area contributed by atoms with Gasteiger partial charge < -0.3 is 5.11 Å². The van der Waals surface area contributed by atoms with Crippen molar-refractivity contribution in [1.82, 2.24) is 4.72 Å². The number of hydrogen-bond acceptors (Lipinski definition) is 2. The zero-order valence-corrected chi connectivity index (χ0v) is 13.7. The number of aliphatic hydroxyl groups is 1. The Hall–Kier alpha value is -0.710. The fourth-order valence-corrected chi connectivity index (χ4v) is 2.78. The predicted octanol–water partition coefficient (Wildman–Crippen LogP) is 3.33. The number of unbranched alkanes of at least 4 members (excludes halogenated alkanes) is 1. The molecule has 1 aromatic rings. The topological polar surface area (TPSA) is 49.3 Å². The van der Waals surface area contributed by atoms with Gasteiger partial charge in [0.15, 0.2) is 0 Å². The van der Waals surface area contributed by atoms with Crippen molar-refractivity contribution in [2.24, 2.45) is 0 Å². The van der Waals surface area contributed by atoms with Crippen molar-refractivity contribution >= 4 is 11.0 Å². The van der Waals surface area contributed by atoms with Crippen LogP contribution in [-0.4, -0.2) is 20.2 Å². The predicted molar refractivity (Wildman–Crippen MR) is 85.7 cm³/mol. The Kier molecular flexibility index (Phi) is 6.86. The molecule has 0 aliphatic carbocycles. The molecule has 0 saturated carbocycles. The van der Waals surface area contributed by atoms with Crippen molar-refractivity contribution in [2.45, 2.75) is 63.9 Å². The third-order valence-electron chi connectivity index (χ3n) is 3.19. The van der Waals surface area contributed by atoms with Crippen LogP contribution in [0.25, 0.3) is 0 Å². The Morgan fingerprint density at radius 3 is 2.35 bits per heavy atom. The molecule has 3 atom stereocenters. The molecule has 0 amide bonds. The van der Waals surface area contributed by atoms with Crippen molar-refractivity contribution in [1.29, 1.82) is 0 Å². The van der Waals surface area contributed by atoms with Gasteiger partial charge in [-0.3, -0.25) is 0 Å². The van der Waals surface area contributed by atoms with Crippen LogP contribution >= 0.6 is 0 Å². The molecular formula is C16H27NO2S. The van der Waals surface area contributed by atoms with E-state index >= 15 is 0 Å². The van der Waals surface area contributed by atoms with E-state index in [2.05, 4.69) is 11.6 Å². The highest BCUT2D eigenvalue weighted by Gasteiger charge is 2.27. The molecule has 0 aromatic heterocycles. The first kappa shape index (κ1) is 17.3. The second-order valence-electron chi connectivity index (χ2n) is 6.10. The van der Waals surface area contributed by atoms with E-state index in [-0.39, 0.29) is 10.8 Å². The van der Waals surface area contributed by atoms with Crippen LogP contribution in [0, 0.1) is 0 Å². The standard InChI is InChI=1S/C16H27NO2S/c1-5-6-12-14(18)15(13-10-8-7-9-11-13)17-20(19)16(2,3)4/h7-11,14-15,17-18H,5-6,12H2,1-4H3/t14-,15+,20?/m1/s1. The van der Waals surface area contributed by atoms with Gasteiger partial charge in [-0.15, -0.1) is 0 Å². The van der Waals surface area contributed by atoms with Gasteiger partial charge in [-0.05, 0) is 32.8 Å². The van der Waals surface area contributed by atoms with Crippen LogP contribution in [0.5, 0.6) is 0 Å². The minimum Gasteiger partial charge on any atom is -0.391 e. The molecule has 1 aromatic carbocycles. The minimum atomic E-state index is -1.20. The molecule has 0 radical (unpaired) electrons. The second kappa shape index (κ2) is 7.91. The highest BCUT2D eigenvalue weighted by atomic mass is 32.2. The van der Waals surface area contributed by atoms with Crippen LogP contribution in [0.1, 0.15) is 58.6 Å². The van der Waals surface area contributed by atoms with Crippen LogP contribution in [0.3, 0.4) is 0 Å². The maximum atomic E-state index is 12.3. The molecule has 0 heterocycles. The maximum Gasteiger partial charge on any atom is 0.0976 e. The summed E-state index contributed by atoms with van der Waals surface area (Å²) in [6.07, 6.45) is 2.20. The molecule has 3 nitrogen and oxygen atoms in total. The zero-order chi connectivity index (χ0) is 15.2. The Balaban J connectivity index is 2.88. The lowest BCUT2D eigenvalue weighted by Crippen LogP contribution is -2.40. The summed E-state index contributed by atoms with van der Waals surface area (Å²) in [5, 5.41) is 10.4. The van der Waals surface area contributed by atoms with Gasteiger partial charge in [0.05, 0.1) is 27.9 Å². The lowest BCUT2D eigenvalue weighted by molar-refractivity contribution is 0.126. The lowest BCUT2D eigenvalue weighted by Gasteiger charge is -2.28. The summed E-state index contributed by atoms with van der Waals surface area (Å²) in [6, 6.07) is 9.47. The average Bonchev–Trinajstić information content (AvgIpc) is 2.41. The van der Waals surface area contributed by atoms with Crippen molar-refractivity contribution in [3.8, 4) is 0 Å². The van der Waals surface area contributed by atoms with Crippen LogP contribution in [0.15, 0.2) is 30.3 Å². The molecule has 1 rings (SSSR count). The molecule has 20 heavy (non-hydrogen) atoms. The van der Waals surface area contributed by atoms with E-state index in [0.717, 1.165) is 18.4 Å². The first-order valence-corrected chi connectivity index (χ1v) is 8.42. The fraction of sp³-hybridized carbons (Fsp3) is 0.625. The average molecular weight is 297 g/mol. The summed E-state index contributed by atoms with van der Waals surface area (Å²) in [5.41, 5.74) is 0.980. The molecule has 0 bridgehead atoms. The summed E-state index contributed by atoms with van der Waals surface area (Å²) in [7, 11) is -1.20. The molecule has 0 aliphatic heterocycles. The van der Waals surface area contributed by atoms with E-state index in [0.29, 0.717) is 6.42 Å².